The second kappa shape index (κ2) is 8.66. The molecule has 7 heteroatoms. The Morgan fingerprint density at radius 2 is 1.39 bits per heavy atom. The molecule has 4 rings (SSSR count). The summed E-state index contributed by atoms with van der Waals surface area (Å²) in [4.78, 5) is 13.3. The number of amides is 1. The summed E-state index contributed by atoms with van der Waals surface area (Å²) in [6.07, 6.45) is -0.970. The molecule has 1 N–H and O–H groups in total. The summed E-state index contributed by atoms with van der Waals surface area (Å²) in [5.74, 6) is 0.490. The van der Waals surface area contributed by atoms with Gasteiger partial charge in [0.05, 0.1) is 4.90 Å². The monoisotopic (exact) mass is 507 g/mol. The third-order valence-electron chi connectivity index (χ3n) is 6.47. The maximum atomic E-state index is 13.9. The Balaban J connectivity index is 2.05. The number of sulfonamides is 1. The number of fused-ring (bicyclic) bond motifs is 1. The van der Waals surface area contributed by atoms with E-state index < -0.39 is 33.0 Å². The SMILES string of the molecule is Cc1ccc(S(=O)(=O)N2C(=O)Oc3ccccc3[C@H]2c2cc(C(C)(C)C)c(O)c(C(C)(C)C)c2)cc1. The van der Waals surface area contributed by atoms with Crippen LogP contribution in [-0.2, 0) is 20.9 Å². The fourth-order valence-electron chi connectivity index (χ4n) is 4.50. The number of ether oxygens (including phenoxy) is 1. The van der Waals surface area contributed by atoms with Crippen molar-refractivity contribution in [1.29, 1.82) is 0 Å². The molecule has 3 aromatic carbocycles. The van der Waals surface area contributed by atoms with E-state index in [0.717, 1.165) is 9.87 Å². The zero-order valence-corrected chi connectivity index (χ0v) is 22.6. The number of aromatic hydroxyl groups is 1. The van der Waals surface area contributed by atoms with Gasteiger partial charge in [0.15, 0.2) is 0 Å². The first-order valence-corrected chi connectivity index (χ1v) is 13.4. The molecule has 0 unspecified atom stereocenters. The van der Waals surface area contributed by atoms with Gasteiger partial charge in [-0.2, -0.15) is 4.31 Å². The fraction of sp³-hybridized carbons (Fsp3) is 0.345. The quantitative estimate of drug-likeness (QED) is 0.432. The molecule has 6 nitrogen and oxygen atoms in total. The van der Waals surface area contributed by atoms with Crippen molar-refractivity contribution in [2.24, 2.45) is 0 Å². The van der Waals surface area contributed by atoms with Crippen molar-refractivity contribution >= 4 is 16.1 Å². The lowest BCUT2D eigenvalue weighted by molar-refractivity contribution is 0.161. The van der Waals surface area contributed by atoms with Gasteiger partial charge < -0.3 is 9.84 Å². The van der Waals surface area contributed by atoms with Crippen molar-refractivity contribution in [2.75, 3.05) is 0 Å². The highest BCUT2D eigenvalue weighted by atomic mass is 32.2. The highest BCUT2D eigenvalue weighted by Gasteiger charge is 2.44. The highest BCUT2D eigenvalue weighted by molar-refractivity contribution is 7.89. The van der Waals surface area contributed by atoms with Gasteiger partial charge in [-0.25, -0.2) is 13.2 Å². The summed E-state index contributed by atoms with van der Waals surface area (Å²) in [6, 6.07) is 16.0. The number of aryl methyl sites for hydroxylation is 1. The van der Waals surface area contributed by atoms with Crippen molar-refractivity contribution in [3.8, 4) is 11.5 Å². The molecule has 0 aromatic heterocycles. The number of carbonyl (C=O) groups is 1. The molecular formula is C29H33NO5S. The van der Waals surface area contributed by atoms with Crippen molar-refractivity contribution in [2.45, 2.75) is 70.2 Å². The zero-order valence-electron chi connectivity index (χ0n) is 21.8. The number of hydrogen-bond donors (Lipinski definition) is 1. The van der Waals surface area contributed by atoms with E-state index in [-0.39, 0.29) is 10.6 Å². The van der Waals surface area contributed by atoms with Crippen molar-refractivity contribution < 1.29 is 23.1 Å². The van der Waals surface area contributed by atoms with Crippen LogP contribution in [0.4, 0.5) is 4.79 Å². The van der Waals surface area contributed by atoms with Crippen LogP contribution in [0, 0.1) is 6.92 Å². The Labute approximate surface area is 213 Å². The van der Waals surface area contributed by atoms with Crippen LogP contribution in [0.3, 0.4) is 0 Å². The molecule has 36 heavy (non-hydrogen) atoms. The summed E-state index contributed by atoms with van der Waals surface area (Å²) >= 11 is 0. The van der Waals surface area contributed by atoms with Crippen molar-refractivity contribution in [3.05, 3.63) is 88.5 Å². The molecule has 3 aromatic rings. The topological polar surface area (TPSA) is 83.9 Å². The molecule has 1 heterocycles. The molecule has 0 spiro atoms. The summed E-state index contributed by atoms with van der Waals surface area (Å²) in [5, 5.41) is 11.2. The van der Waals surface area contributed by atoms with E-state index >= 15 is 0 Å². The standard InChI is InChI=1S/C29H33NO5S/c1-18-12-14-20(15-13-18)36(33,34)30-25(21-10-8-9-11-24(21)35-27(30)32)19-16-22(28(2,3)4)26(31)23(17-19)29(5,6)7/h8-17,25,31H,1-7H3/t25-/m1/s1. The Morgan fingerprint density at radius 3 is 1.92 bits per heavy atom. The molecule has 1 aliphatic rings. The van der Waals surface area contributed by atoms with Crippen molar-refractivity contribution in [1.82, 2.24) is 4.31 Å². The Kier molecular flexibility index (Phi) is 6.20. The lowest BCUT2D eigenvalue weighted by Crippen LogP contribution is -2.45. The van der Waals surface area contributed by atoms with E-state index in [1.165, 1.54) is 12.1 Å². The smallest absolute Gasteiger partial charge is 0.430 e. The molecule has 190 valence electrons. The third kappa shape index (κ3) is 4.48. The predicted octanol–water partition coefficient (Wildman–Crippen LogP) is 6.59. The number of phenolic OH excluding ortho intramolecular Hbond substituents is 1. The van der Waals surface area contributed by atoms with Crippen LogP contribution in [0.1, 0.15) is 75.4 Å². The summed E-state index contributed by atoms with van der Waals surface area (Å²) in [6.45, 7) is 13.8. The summed E-state index contributed by atoms with van der Waals surface area (Å²) in [7, 11) is -4.28. The van der Waals surface area contributed by atoms with Crippen LogP contribution in [0.15, 0.2) is 65.6 Å². The van der Waals surface area contributed by atoms with Gasteiger partial charge in [-0.05, 0) is 64.8 Å². The molecule has 0 fully saturated rings. The summed E-state index contributed by atoms with van der Waals surface area (Å²) in [5.41, 5.74) is 2.52. The van der Waals surface area contributed by atoms with Gasteiger partial charge >= 0.3 is 6.09 Å². The molecule has 0 aliphatic carbocycles. The van der Waals surface area contributed by atoms with E-state index in [0.29, 0.717) is 28.0 Å². The minimum absolute atomic E-state index is 0.000277. The normalized spacial score (nSPS) is 16.5. The lowest BCUT2D eigenvalue weighted by Gasteiger charge is -2.37. The van der Waals surface area contributed by atoms with Gasteiger partial charge in [-0.1, -0.05) is 77.4 Å². The van der Waals surface area contributed by atoms with Gasteiger partial charge in [-0.15, -0.1) is 0 Å². The average Bonchev–Trinajstić information content (AvgIpc) is 2.77. The zero-order chi connectivity index (χ0) is 26.6. The molecule has 1 aliphatic heterocycles. The molecule has 0 saturated heterocycles. The number of phenols is 1. The Hall–Kier alpha value is -3.32. The molecule has 1 amide bonds. The third-order valence-corrected chi connectivity index (χ3v) is 8.21. The van der Waals surface area contributed by atoms with Gasteiger partial charge in [0.2, 0.25) is 0 Å². The fourth-order valence-corrected chi connectivity index (χ4v) is 5.96. The van der Waals surface area contributed by atoms with Crippen LogP contribution in [0.5, 0.6) is 11.5 Å². The Bertz CT molecular complexity index is 1390. The van der Waals surface area contributed by atoms with E-state index in [9.17, 15) is 18.3 Å². The van der Waals surface area contributed by atoms with Gasteiger partial charge in [0.25, 0.3) is 10.0 Å². The number of nitrogens with zero attached hydrogens (tertiary/aromatic N) is 1. The number of para-hydroxylation sites is 1. The Morgan fingerprint density at radius 1 is 0.861 bits per heavy atom. The van der Waals surface area contributed by atoms with Crippen LogP contribution >= 0.6 is 0 Å². The van der Waals surface area contributed by atoms with E-state index in [1.807, 2.05) is 60.6 Å². The minimum Gasteiger partial charge on any atom is -0.507 e. The number of carbonyl (C=O) groups excluding carboxylic acids is 1. The highest BCUT2D eigenvalue weighted by Crippen LogP contribution is 2.46. The largest absolute Gasteiger partial charge is 0.507 e. The first-order chi connectivity index (χ1) is 16.6. The minimum atomic E-state index is -4.28. The van der Waals surface area contributed by atoms with E-state index in [4.69, 9.17) is 4.74 Å². The van der Waals surface area contributed by atoms with Crippen molar-refractivity contribution in [3.63, 3.8) is 0 Å². The number of benzene rings is 3. The second-order valence-electron chi connectivity index (χ2n) is 11.4. The number of hydrogen-bond acceptors (Lipinski definition) is 5. The van der Waals surface area contributed by atoms with Crippen LogP contribution < -0.4 is 4.74 Å². The molecular weight excluding hydrogens is 474 g/mol. The first-order valence-electron chi connectivity index (χ1n) is 11.9. The molecule has 0 saturated carbocycles. The maximum absolute atomic E-state index is 13.9. The maximum Gasteiger partial charge on any atom is 0.430 e. The van der Waals surface area contributed by atoms with Crippen LogP contribution in [0.25, 0.3) is 0 Å². The van der Waals surface area contributed by atoms with Gasteiger partial charge in [0.1, 0.15) is 17.5 Å². The first kappa shape index (κ1) is 25.8. The predicted molar refractivity (Wildman–Crippen MR) is 140 cm³/mol. The van der Waals surface area contributed by atoms with Gasteiger partial charge in [0, 0.05) is 5.56 Å². The number of rotatable bonds is 3. The van der Waals surface area contributed by atoms with E-state index in [1.54, 1.807) is 36.4 Å². The molecule has 0 bridgehead atoms. The lowest BCUT2D eigenvalue weighted by atomic mass is 9.77. The average molecular weight is 508 g/mol. The van der Waals surface area contributed by atoms with E-state index in [2.05, 4.69) is 0 Å². The molecule has 0 radical (unpaired) electrons. The summed E-state index contributed by atoms with van der Waals surface area (Å²) < 4.78 is 34.1. The van der Waals surface area contributed by atoms with Crippen LogP contribution in [-0.4, -0.2) is 23.9 Å². The second-order valence-corrected chi connectivity index (χ2v) is 13.2. The van der Waals surface area contributed by atoms with Gasteiger partial charge in [-0.3, -0.25) is 0 Å². The molecule has 1 atom stereocenters. The van der Waals surface area contributed by atoms with Crippen LogP contribution in [0.2, 0.25) is 0 Å².